The van der Waals surface area contributed by atoms with Crippen molar-refractivity contribution in [2.24, 2.45) is 5.73 Å². The number of nitrogens with one attached hydrogen (secondary N) is 1. The third-order valence-corrected chi connectivity index (χ3v) is 3.00. The minimum absolute atomic E-state index is 0.479. The maximum Gasteiger partial charge on any atom is 0.246 e. The highest BCUT2D eigenvalue weighted by Crippen LogP contribution is 2.23. The van der Waals surface area contributed by atoms with Gasteiger partial charge in [0, 0.05) is 6.92 Å². The van der Waals surface area contributed by atoms with E-state index in [0.717, 1.165) is 0 Å². The predicted octanol–water partition coefficient (Wildman–Crippen LogP) is -3.18. The largest absolute Gasteiger partial charge is 0.394 e. The fourth-order valence-corrected chi connectivity index (χ4v) is 1.94. The molecule has 0 aromatic carbocycles. The van der Waals surface area contributed by atoms with Gasteiger partial charge < -0.3 is 35.8 Å². The third-order valence-electron chi connectivity index (χ3n) is 3.00. The van der Waals surface area contributed by atoms with E-state index in [1.807, 2.05) is 0 Å². The molecule has 0 unspecified atom stereocenters. The number of ether oxygens (including phenoxy) is 2. The van der Waals surface area contributed by atoms with Crippen LogP contribution in [0.15, 0.2) is 0 Å². The Morgan fingerprint density at radius 1 is 1.45 bits per heavy atom. The first kappa shape index (κ1) is 16.8. The zero-order valence-corrected chi connectivity index (χ0v) is 11.2. The zero-order valence-electron chi connectivity index (χ0n) is 11.2. The molecule has 1 saturated heterocycles. The van der Waals surface area contributed by atoms with Crippen molar-refractivity contribution in [3.05, 3.63) is 0 Å². The SMILES string of the molecule is CC(=O)N[C@@H]1[C@@H](O[C@H](C)C(N)=O)[C@H](O)[C@@H](CO)O[C@H]1O. The lowest BCUT2D eigenvalue weighted by Gasteiger charge is -2.43. The molecule has 9 nitrogen and oxygen atoms in total. The van der Waals surface area contributed by atoms with Gasteiger partial charge in [0.2, 0.25) is 11.8 Å². The Morgan fingerprint density at radius 2 is 2.05 bits per heavy atom. The van der Waals surface area contributed by atoms with Crippen molar-refractivity contribution in [3.8, 4) is 0 Å². The molecule has 1 heterocycles. The molecule has 0 aromatic rings. The van der Waals surface area contributed by atoms with Crippen LogP contribution in [0.4, 0.5) is 0 Å². The Hall–Kier alpha value is -1.26. The van der Waals surface area contributed by atoms with Crippen molar-refractivity contribution in [2.45, 2.75) is 50.6 Å². The summed E-state index contributed by atoms with van der Waals surface area (Å²) in [6.45, 7) is 2.03. The average molecular weight is 292 g/mol. The first-order valence-electron chi connectivity index (χ1n) is 6.12. The molecule has 0 spiro atoms. The van der Waals surface area contributed by atoms with Crippen LogP contribution in [-0.4, -0.2) is 70.5 Å². The number of aliphatic hydroxyl groups excluding tert-OH is 3. The number of primary amides is 1. The van der Waals surface area contributed by atoms with Crippen LogP contribution in [0.1, 0.15) is 13.8 Å². The molecule has 0 bridgehead atoms. The van der Waals surface area contributed by atoms with Crippen LogP contribution in [0.5, 0.6) is 0 Å². The molecule has 6 atom stereocenters. The van der Waals surface area contributed by atoms with Gasteiger partial charge in [0.1, 0.15) is 30.5 Å². The summed E-state index contributed by atoms with van der Waals surface area (Å²) in [4.78, 5) is 22.2. The minimum atomic E-state index is -1.50. The first-order valence-corrected chi connectivity index (χ1v) is 6.12. The van der Waals surface area contributed by atoms with Crippen molar-refractivity contribution in [1.82, 2.24) is 5.32 Å². The van der Waals surface area contributed by atoms with Gasteiger partial charge in [-0.05, 0) is 6.92 Å². The maximum absolute atomic E-state index is 11.1. The van der Waals surface area contributed by atoms with Gasteiger partial charge in [0.05, 0.1) is 6.61 Å². The normalized spacial score (nSPS) is 35.4. The van der Waals surface area contributed by atoms with Crippen molar-refractivity contribution in [1.29, 1.82) is 0 Å². The molecular weight excluding hydrogens is 272 g/mol. The van der Waals surface area contributed by atoms with Gasteiger partial charge in [-0.2, -0.15) is 0 Å². The summed E-state index contributed by atoms with van der Waals surface area (Å²) in [5.74, 6) is -1.24. The predicted molar refractivity (Wildman–Crippen MR) is 65.1 cm³/mol. The molecular formula is C11H20N2O7. The van der Waals surface area contributed by atoms with Gasteiger partial charge in [-0.3, -0.25) is 9.59 Å². The molecule has 6 N–H and O–H groups in total. The van der Waals surface area contributed by atoms with Gasteiger partial charge in [0.15, 0.2) is 6.29 Å². The Labute approximate surface area is 115 Å². The van der Waals surface area contributed by atoms with Crippen molar-refractivity contribution < 1.29 is 34.4 Å². The quantitative estimate of drug-likeness (QED) is 0.358. The summed E-state index contributed by atoms with van der Waals surface area (Å²) >= 11 is 0. The van der Waals surface area contributed by atoms with Crippen LogP contribution < -0.4 is 11.1 Å². The molecule has 1 aliphatic heterocycles. The van der Waals surface area contributed by atoms with Crippen LogP contribution >= 0.6 is 0 Å². The molecule has 2 amide bonds. The first-order chi connectivity index (χ1) is 9.27. The second kappa shape index (κ2) is 6.95. The van der Waals surface area contributed by atoms with E-state index in [9.17, 15) is 19.8 Å². The molecule has 0 aromatic heterocycles. The van der Waals surface area contributed by atoms with Crippen LogP contribution in [0, 0.1) is 0 Å². The molecule has 0 aliphatic carbocycles. The van der Waals surface area contributed by atoms with Gasteiger partial charge in [-0.25, -0.2) is 0 Å². The van der Waals surface area contributed by atoms with Crippen LogP contribution in [-0.2, 0) is 19.1 Å². The van der Waals surface area contributed by atoms with Gasteiger partial charge in [-0.15, -0.1) is 0 Å². The number of carbonyl (C=O) groups excluding carboxylic acids is 2. The van der Waals surface area contributed by atoms with E-state index in [2.05, 4.69) is 5.32 Å². The molecule has 9 heteroatoms. The summed E-state index contributed by atoms with van der Waals surface area (Å²) in [6, 6.07) is -1.09. The number of hydrogen-bond acceptors (Lipinski definition) is 7. The summed E-state index contributed by atoms with van der Waals surface area (Å²) in [6.07, 6.45) is -6.13. The maximum atomic E-state index is 11.1. The molecule has 1 aliphatic rings. The van der Waals surface area contributed by atoms with Gasteiger partial charge in [0.25, 0.3) is 0 Å². The lowest BCUT2D eigenvalue weighted by atomic mass is 9.96. The molecule has 0 saturated carbocycles. The number of hydrogen-bond donors (Lipinski definition) is 5. The number of carbonyl (C=O) groups is 2. The topological polar surface area (TPSA) is 151 Å². The van der Waals surface area contributed by atoms with Crippen LogP contribution in [0.25, 0.3) is 0 Å². The summed E-state index contributed by atoms with van der Waals surface area (Å²) in [5.41, 5.74) is 5.07. The van der Waals surface area contributed by atoms with E-state index >= 15 is 0 Å². The van der Waals surface area contributed by atoms with Crippen LogP contribution in [0.3, 0.4) is 0 Å². The van der Waals surface area contributed by atoms with E-state index in [1.165, 1.54) is 13.8 Å². The lowest BCUT2D eigenvalue weighted by Crippen LogP contribution is -2.65. The average Bonchev–Trinajstić information content (AvgIpc) is 2.36. The van der Waals surface area contributed by atoms with Crippen LogP contribution in [0.2, 0.25) is 0 Å². The molecule has 1 rings (SSSR count). The highest BCUT2D eigenvalue weighted by molar-refractivity contribution is 5.78. The summed E-state index contributed by atoms with van der Waals surface area (Å²) in [7, 11) is 0. The Balaban J connectivity index is 2.92. The van der Waals surface area contributed by atoms with E-state index in [1.54, 1.807) is 0 Å². The zero-order chi connectivity index (χ0) is 15.4. The highest BCUT2D eigenvalue weighted by Gasteiger charge is 2.46. The minimum Gasteiger partial charge on any atom is -0.394 e. The molecule has 0 radical (unpaired) electrons. The fraction of sp³-hybridized carbons (Fsp3) is 0.818. The van der Waals surface area contributed by atoms with E-state index in [4.69, 9.17) is 20.3 Å². The number of nitrogens with two attached hydrogens (primary N) is 1. The third kappa shape index (κ3) is 3.87. The smallest absolute Gasteiger partial charge is 0.246 e. The van der Waals surface area contributed by atoms with Crippen molar-refractivity contribution >= 4 is 11.8 Å². The lowest BCUT2D eigenvalue weighted by molar-refractivity contribution is -0.266. The number of rotatable bonds is 5. The second-order valence-electron chi connectivity index (χ2n) is 4.61. The molecule has 116 valence electrons. The highest BCUT2D eigenvalue weighted by atomic mass is 16.6. The number of amides is 2. The second-order valence-corrected chi connectivity index (χ2v) is 4.61. The Bertz CT molecular complexity index is 365. The Morgan fingerprint density at radius 3 is 2.50 bits per heavy atom. The van der Waals surface area contributed by atoms with Crippen molar-refractivity contribution in [2.75, 3.05) is 6.61 Å². The molecule has 1 fully saturated rings. The van der Waals surface area contributed by atoms with Gasteiger partial charge in [-0.1, -0.05) is 0 Å². The Kier molecular flexibility index (Phi) is 5.84. The van der Waals surface area contributed by atoms with Crippen molar-refractivity contribution in [3.63, 3.8) is 0 Å². The standard InChI is InChI=1S/C11H20N2O7/c1-4(10(12)17)19-9-7(13-5(2)15)11(18)20-6(3-14)8(9)16/h4,6-9,11,14,16,18H,3H2,1-2H3,(H2,12,17)(H,13,15)/t4-,6-,7-,8-,9-,11-/m1/s1. The monoisotopic (exact) mass is 292 g/mol. The fourth-order valence-electron chi connectivity index (χ4n) is 1.94. The number of aliphatic hydroxyl groups is 3. The summed E-state index contributed by atoms with van der Waals surface area (Å²) in [5, 5.41) is 31.3. The van der Waals surface area contributed by atoms with E-state index < -0.39 is 55.2 Å². The molecule has 20 heavy (non-hydrogen) atoms. The van der Waals surface area contributed by atoms with Gasteiger partial charge >= 0.3 is 0 Å². The summed E-state index contributed by atoms with van der Waals surface area (Å²) < 4.78 is 10.3. The van der Waals surface area contributed by atoms with E-state index in [0.29, 0.717) is 0 Å². The van der Waals surface area contributed by atoms with E-state index in [-0.39, 0.29) is 0 Å².